The van der Waals surface area contributed by atoms with Crippen LogP contribution in [0.4, 0.5) is 0 Å². The zero-order valence-corrected chi connectivity index (χ0v) is 14.1. The van der Waals surface area contributed by atoms with Crippen LogP contribution in [-0.2, 0) is 17.8 Å². The van der Waals surface area contributed by atoms with Gasteiger partial charge in [0.2, 0.25) is 5.91 Å². The van der Waals surface area contributed by atoms with Crippen molar-refractivity contribution in [3.63, 3.8) is 0 Å². The largest absolute Gasteiger partial charge is 0.504 e. The first kappa shape index (κ1) is 17.4. The van der Waals surface area contributed by atoms with Gasteiger partial charge in [-0.3, -0.25) is 4.79 Å². The Labute approximate surface area is 145 Å². The van der Waals surface area contributed by atoms with E-state index in [4.69, 9.17) is 27.9 Å². The molecule has 0 aliphatic rings. The Kier molecular flexibility index (Phi) is 6.13. The van der Waals surface area contributed by atoms with Crippen LogP contribution in [0.1, 0.15) is 17.5 Å². The summed E-state index contributed by atoms with van der Waals surface area (Å²) in [4.78, 5) is 11.9. The minimum Gasteiger partial charge on any atom is -0.504 e. The second-order valence-corrected chi connectivity index (χ2v) is 5.78. The van der Waals surface area contributed by atoms with Crippen molar-refractivity contribution in [1.29, 1.82) is 0 Å². The minimum atomic E-state index is -0.0897. The number of hydrogen-bond acceptors (Lipinski definition) is 3. The maximum absolute atomic E-state index is 11.9. The van der Waals surface area contributed by atoms with Gasteiger partial charge >= 0.3 is 0 Å². The summed E-state index contributed by atoms with van der Waals surface area (Å²) in [5.74, 6) is 0.355. The molecule has 0 aromatic heterocycles. The topological polar surface area (TPSA) is 58.6 Å². The highest BCUT2D eigenvalue weighted by Gasteiger charge is 2.08. The number of aromatic hydroxyl groups is 1. The van der Waals surface area contributed by atoms with Crippen molar-refractivity contribution in [2.45, 2.75) is 19.4 Å². The number of ether oxygens (including phenoxy) is 1. The molecule has 0 radical (unpaired) electrons. The maximum Gasteiger partial charge on any atom is 0.220 e. The number of carbonyl (C=O) groups is 1. The number of aryl methyl sites for hydroxylation is 1. The summed E-state index contributed by atoms with van der Waals surface area (Å²) < 4.78 is 5.03. The fraction of sp³-hybridized carbons (Fsp3) is 0.235. The Morgan fingerprint density at radius 2 is 2.04 bits per heavy atom. The molecule has 1 amide bonds. The molecule has 0 aliphatic carbocycles. The predicted molar refractivity (Wildman–Crippen MR) is 91.3 cm³/mol. The minimum absolute atomic E-state index is 0.0678. The van der Waals surface area contributed by atoms with Gasteiger partial charge in [0.05, 0.1) is 17.2 Å². The molecule has 2 rings (SSSR count). The average molecular weight is 354 g/mol. The Morgan fingerprint density at radius 3 is 2.78 bits per heavy atom. The molecule has 2 aromatic carbocycles. The number of rotatable bonds is 6. The Morgan fingerprint density at radius 1 is 1.26 bits per heavy atom. The second kappa shape index (κ2) is 8.09. The Balaban J connectivity index is 1.87. The van der Waals surface area contributed by atoms with E-state index in [2.05, 4.69) is 5.32 Å². The lowest BCUT2D eigenvalue weighted by Crippen LogP contribution is -2.23. The van der Waals surface area contributed by atoms with Crippen molar-refractivity contribution < 1.29 is 14.6 Å². The lowest BCUT2D eigenvalue weighted by molar-refractivity contribution is -0.121. The van der Waals surface area contributed by atoms with Crippen LogP contribution in [-0.4, -0.2) is 18.1 Å². The van der Waals surface area contributed by atoms with Gasteiger partial charge in [-0.25, -0.2) is 0 Å². The van der Waals surface area contributed by atoms with E-state index >= 15 is 0 Å². The molecular weight excluding hydrogens is 337 g/mol. The first-order valence-corrected chi connectivity index (χ1v) is 7.82. The highest BCUT2D eigenvalue weighted by molar-refractivity contribution is 6.42. The number of phenolic OH excluding ortho intramolecular Hbond substituents is 1. The predicted octanol–water partition coefficient (Wildman–Crippen LogP) is 3.96. The molecule has 0 aliphatic heterocycles. The molecular formula is C17H17Cl2NO3. The van der Waals surface area contributed by atoms with E-state index in [1.165, 1.54) is 13.2 Å². The number of benzene rings is 2. The van der Waals surface area contributed by atoms with Crippen LogP contribution >= 0.6 is 23.2 Å². The van der Waals surface area contributed by atoms with Crippen LogP contribution in [0.15, 0.2) is 36.4 Å². The summed E-state index contributed by atoms with van der Waals surface area (Å²) in [7, 11) is 1.48. The van der Waals surface area contributed by atoms with Crippen LogP contribution in [0, 0.1) is 0 Å². The number of phenols is 1. The van der Waals surface area contributed by atoms with Crippen LogP contribution in [0.3, 0.4) is 0 Å². The van der Waals surface area contributed by atoms with Gasteiger partial charge in [-0.15, -0.1) is 0 Å². The molecule has 0 saturated heterocycles. The number of hydrogen-bond donors (Lipinski definition) is 2. The van der Waals surface area contributed by atoms with Gasteiger partial charge < -0.3 is 15.2 Å². The van der Waals surface area contributed by atoms with Crippen LogP contribution < -0.4 is 10.1 Å². The van der Waals surface area contributed by atoms with Gasteiger partial charge in [0, 0.05) is 13.0 Å². The van der Waals surface area contributed by atoms with Gasteiger partial charge in [0.1, 0.15) is 0 Å². The quantitative estimate of drug-likeness (QED) is 0.826. The SMILES string of the molecule is COc1cc(CNC(=O)CCc2cccc(Cl)c2Cl)ccc1O. The molecule has 0 unspecified atom stereocenters. The van der Waals surface area contributed by atoms with Crippen LogP contribution in [0.5, 0.6) is 11.5 Å². The van der Waals surface area contributed by atoms with Gasteiger partial charge in [-0.2, -0.15) is 0 Å². The summed E-state index contributed by atoms with van der Waals surface area (Å²) in [6.45, 7) is 0.360. The monoisotopic (exact) mass is 353 g/mol. The van der Waals surface area contributed by atoms with E-state index in [-0.39, 0.29) is 11.7 Å². The van der Waals surface area contributed by atoms with Gasteiger partial charge in [0.15, 0.2) is 11.5 Å². The first-order chi connectivity index (χ1) is 11.0. The smallest absolute Gasteiger partial charge is 0.220 e. The van der Waals surface area contributed by atoms with Crippen LogP contribution in [0.2, 0.25) is 10.0 Å². The normalized spacial score (nSPS) is 10.4. The van der Waals surface area contributed by atoms with Crippen molar-refractivity contribution in [2.75, 3.05) is 7.11 Å². The molecule has 2 N–H and O–H groups in total. The molecule has 4 nitrogen and oxygen atoms in total. The third-order valence-electron chi connectivity index (χ3n) is 3.39. The van der Waals surface area contributed by atoms with Gasteiger partial charge in [-0.1, -0.05) is 41.4 Å². The molecule has 0 atom stereocenters. The van der Waals surface area contributed by atoms with Crippen molar-refractivity contribution >= 4 is 29.1 Å². The summed E-state index contributed by atoms with van der Waals surface area (Å²) in [5, 5.41) is 13.3. The highest BCUT2D eigenvalue weighted by Crippen LogP contribution is 2.27. The fourth-order valence-corrected chi connectivity index (χ4v) is 2.53. The first-order valence-electron chi connectivity index (χ1n) is 7.06. The molecule has 122 valence electrons. The second-order valence-electron chi connectivity index (χ2n) is 5.00. The Hall–Kier alpha value is -1.91. The number of amides is 1. The molecule has 0 spiro atoms. The maximum atomic E-state index is 11.9. The molecule has 23 heavy (non-hydrogen) atoms. The van der Waals surface area contributed by atoms with Crippen molar-refractivity contribution in [3.8, 4) is 11.5 Å². The summed E-state index contributed by atoms with van der Waals surface area (Å²) in [6, 6.07) is 10.3. The zero-order chi connectivity index (χ0) is 16.8. The lowest BCUT2D eigenvalue weighted by atomic mass is 10.1. The number of methoxy groups -OCH3 is 1. The molecule has 2 aromatic rings. The molecule has 0 saturated carbocycles. The lowest BCUT2D eigenvalue weighted by Gasteiger charge is -2.09. The number of halogens is 2. The van der Waals surface area contributed by atoms with E-state index < -0.39 is 0 Å². The summed E-state index contributed by atoms with van der Waals surface area (Å²) in [5.41, 5.74) is 1.69. The van der Waals surface area contributed by atoms with Crippen molar-refractivity contribution in [2.24, 2.45) is 0 Å². The van der Waals surface area contributed by atoms with Crippen molar-refractivity contribution in [1.82, 2.24) is 5.32 Å². The van der Waals surface area contributed by atoms with Gasteiger partial charge in [-0.05, 0) is 35.7 Å². The fourth-order valence-electron chi connectivity index (χ4n) is 2.11. The third kappa shape index (κ3) is 4.78. The highest BCUT2D eigenvalue weighted by atomic mass is 35.5. The third-order valence-corrected chi connectivity index (χ3v) is 4.24. The molecule has 0 heterocycles. The standard InChI is InChI=1S/C17H17Cl2NO3/c1-23-15-9-11(5-7-14(15)21)10-20-16(22)8-6-12-3-2-4-13(18)17(12)19/h2-5,7,9,21H,6,8,10H2,1H3,(H,20,22). The van der Waals surface area contributed by atoms with Crippen LogP contribution in [0.25, 0.3) is 0 Å². The average Bonchev–Trinajstić information content (AvgIpc) is 2.55. The summed E-state index contributed by atoms with van der Waals surface area (Å²) in [6.07, 6.45) is 0.833. The van der Waals surface area contributed by atoms with E-state index in [0.29, 0.717) is 35.2 Å². The molecule has 6 heteroatoms. The molecule has 0 bridgehead atoms. The van der Waals surface area contributed by atoms with Crippen molar-refractivity contribution in [3.05, 3.63) is 57.6 Å². The number of nitrogens with one attached hydrogen (secondary N) is 1. The van der Waals surface area contributed by atoms with Gasteiger partial charge in [0.25, 0.3) is 0 Å². The number of carbonyl (C=O) groups excluding carboxylic acids is 1. The summed E-state index contributed by atoms with van der Waals surface area (Å²) >= 11 is 12.0. The van der Waals surface area contributed by atoms with E-state index in [9.17, 15) is 9.90 Å². The molecule has 0 fully saturated rings. The zero-order valence-electron chi connectivity index (χ0n) is 12.6. The van der Waals surface area contributed by atoms with E-state index in [1.54, 1.807) is 18.2 Å². The van der Waals surface area contributed by atoms with E-state index in [1.807, 2.05) is 12.1 Å². The van der Waals surface area contributed by atoms with E-state index in [0.717, 1.165) is 11.1 Å². The Bertz CT molecular complexity index is 704.